The Morgan fingerprint density at radius 2 is 1.86 bits per heavy atom. The molecule has 0 saturated carbocycles. The fraction of sp³-hybridized carbons (Fsp3) is 0.133. The summed E-state index contributed by atoms with van der Waals surface area (Å²) in [6.45, 7) is 0. The van der Waals surface area contributed by atoms with Crippen LogP contribution in [-0.2, 0) is 4.79 Å². The lowest BCUT2D eigenvalue weighted by molar-refractivity contribution is -0.122. The molecule has 2 rings (SSSR count). The van der Waals surface area contributed by atoms with Crippen molar-refractivity contribution < 1.29 is 18.7 Å². The third-order valence-electron chi connectivity index (χ3n) is 2.90. The number of carbonyl (C=O) groups excluding carboxylic acids is 1. The first-order valence-corrected chi connectivity index (χ1v) is 6.77. The fourth-order valence-electron chi connectivity index (χ4n) is 1.76. The van der Waals surface area contributed by atoms with E-state index in [-0.39, 0.29) is 12.1 Å². The van der Waals surface area contributed by atoms with Crippen LogP contribution in [0.4, 0.5) is 14.5 Å². The lowest BCUT2D eigenvalue weighted by Crippen LogP contribution is -2.30. The summed E-state index contributed by atoms with van der Waals surface area (Å²) >= 11 is 5.73. The normalized spacial score (nSPS) is 11.8. The number of halogens is 3. The lowest BCUT2D eigenvalue weighted by atomic mass is 10.1. The van der Waals surface area contributed by atoms with Gasteiger partial charge in [0, 0.05) is 11.1 Å². The number of aliphatic hydroxyl groups excluding tert-OH is 1. The number of hydrogen-bond acceptors (Lipinski definition) is 3. The Kier molecular flexibility index (Phi) is 5.30. The molecule has 0 radical (unpaired) electrons. The van der Waals surface area contributed by atoms with Crippen molar-refractivity contribution in [1.82, 2.24) is 5.43 Å². The predicted octanol–water partition coefficient (Wildman–Crippen LogP) is 3.19. The molecule has 1 amide bonds. The average molecular weight is 327 g/mol. The smallest absolute Gasteiger partial charge is 0.241 e. The zero-order valence-corrected chi connectivity index (χ0v) is 12.1. The number of rotatable bonds is 5. The average Bonchev–Trinajstić information content (AvgIpc) is 2.47. The van der Waals surface area contributed by atoms with Crippen molar-refractivity contribution in [3.05, 3.63) is 64.7 Å². The fourth-order valence-corrected chi connectivity index (χ4v) is 1.88. The maximum atomic E-state index is 13.4. The van der Waals surface area contributed by atoms with Crippen LogP contribution in [0.25, 0.3) is 0 Å². The first-order valence-electron chi connectivity index (χ1n) is 6.39. The minimum absolute atomic E-state index is 0.0734. The van der Waals surface area contributed by atoms with Crippen LogP contribution < -0.4 is 10.9 Å². The highest BCUT2D eigenvalue weighted by atomic mass is 35.5. The van der Waals surface area contributed by atoms with Crippen LogP contribution in [0.15, 0.2) is 42.5 Å². The van der Waals surface area contributed by atoms with Crippen LogP contribution in [0.2, 0.25) is 5.02 Å². The molecule has 0 fully saturated rings. The summed E-state index contributed by atoms with van der Waals surface area (Å²) in [6, 6.07) is 9.31. The molecule has 0 bridgehead atoms. The molecule has 3 N–H and O–H groups in total. The minimum atomic E-state index is -1.02. The Bertz CT molecular complexity index is 665. The number of amides is 1. The van der Waals surface area contributed by atoms with Crippen LogP contribution in [-0.4, -0.2) is 11.0 Å². The second-order valence-electron chi connectivity index (χ2n) is 4.57. The van der Waals surface area contributed by atoms with Crippen molar-refractivity contribution >= 4 is 23.2 Å². The van der Waals surface area contributed by atoms with E-state index in [0.717, 1.165) is 12.1 Å². The van der Waals surface area contributed by atoms with E-state index in [0.29, 0.717) is 16.7 Å². The number of anilines is 1. The highest BCUT2D eigenvalue weighted by Gasteiger charge is 2.13. The van der Waals surface area contributed by atoms with E-state index in [1.54, 1.807) is 24.3 Å². The van der Waals surface area contributed by atoms with Crippen molar-refractivity contribution in [2.45, 2.75) is 12.5 Å². The molecule has 0 aliphatic rings. The van der Waals surface area contributed by atoms with E-state index >= 15 is 0 Å². The van der Waals surface area contributed by atoms with Crippen molar-refractivity contribution in [2.75, 3.05) is 5.43 Å². The molecule has 1 atom stereocenters. The summed E-state index contributed by atoms with van der Waals surface area (Å²) < 4.78 is 26.1. The summed E-state index contributed by atoms with van der Waals surface area (Å²) in [7, 11) is 0. The van der Waals surface area contributed by atoms with Crippen LogP contribution in [0.5, 0.6) is 0 Å². The summed E-state index contributed by atoms with van der Waals surface area (Å²) in [4.78, 5) is 11.7. The van der Waals surface area contributed by atoms with E-state index in [1.807, 2.05) is 0 Å². The van der Waals surface area contributed by atoms with E-state index in [2.05, 4.69) is 10.9 Å². The van der Waals surface area contributed by atoms with Crippen molar-refractivity contribution in [3.63, 3.8) is 0 Å². The van der Waals surface area contributed by atoms with Gasteiger partial charge in [-0.15, -0.1) is 0 Å². The predicted molar refractivity (Wildman–Crippen MR) is 79.2 cm³/mol. The summed E-state index contributed by atoms with van der Waals surface area (Å²) in [6.07, 6.45) is -1.24. The molecule has 0 aromatic heterocycles. The molecule has 1 unspecified atom stereocenters. The van der Waals surface area contributed by atoms with Gasteiger partial charge in [-0.3, -0.25) is 15.6 Å². The molecular formula is C15H13ClF2N2O2. The highest BCUT2D eigenvalue weighted by Crippen LogP contribution is 2.19. The second-order valence-corrected chi connectivity index (χ2v) is 5.01. The quantitative estimate of drug-likeness (QED) is 0.740. The van der Waals surface area contributed by atoms with Gasteiger partial charge in [-0.05, 0) is 29.8 Å². The zero-order chi connectivity index (χ0) is 16.1. The summed E-state index contributed by atoms with van der Waals surface area (Å²) in [5.41, 5.74) is 5.03. The molecule has 0 heterocycles. The van der Waals surface area contributed by atoms with Crippen molar-refractivity contribution in [3.8, 4) is 0 Å². The first-order chi connectivity index (χ1) is 10.5. The van der Waals surface area contributed by atoms with Gasteiger partial charge in [0.05, 0.1) is 18.2 Å². The molecular weight excluding hydrogens is 314 g/mol. The topological polar surface area (TPSA) is 61.4 Å². The number of hydrogen-bond donors (Lipinski definition) is 3. The number of carbonyl (C=O) groups is 1. The molecule has 2 aromatic carbocycles. The zero-order valence-electron chi connectivity index (χ0n) is 11.3. The minimum Gasteiger partial charge on any atom is -0.388 e. The summed E-state index contributed by atoms with van der Waals surface area (Å²) in [5.74, 6) is -2.10. The summed E-state index contributed by atoms with van der Waals surface area (Å²) in [5, 5.41) is 10.4. The molecule has 0 aliphatic heterocycles. The monoisotopic (exact) mass is 326 g/mol. The van der Waals surface area contributed by atoms with Gasteiger partial charge in [0.25, 0.3) is 0 Å². The van der Waals surface area contributed by atoms with Gasteiger partial charge in [0.2, 0.25) is 5.91 Å². The van der Waals surface area contributed by atoms with Gasteiger partial charge in [0.15, 0.2) is 5.82 Å². The van der Waals surface area contributed by atoms with Crippen molar-refractivity contribution in [1.29, 1.82) is 0 Å². The molecule has 2 aromatic rings. The second kappa shape index (κ2) is 7.20. The SMILES string of the molecule is O=C(CC(O)c1ccc(Cl)cc1)NNc1ccc(F)cc1F. The van der Waals surface area contributed by atoms with E-state index < -0.39 is 23.6 Å². The van der Waals surface area contributed by atoms with E-state index in [1.165, 1.54) is 0 Å². The lowest BCUT2D eigenvalue weighted by Gasteiger charge is -2.13. The highest BCUT2D eigenvalue weighted by molar-refractivity contribution is 6.30. The Hall–Kier alpha value is -2.18. The third-order valence-corrected chi connectivity index (χ3v) is 3.15. The number of hydrazine groups is 1. The van der Waals surface area contributed by atoms with Gasteiger partial charge >= 0.3 is 0 Å². The number of aliphatic hydroxyl groups is 1. The van der Waals surface area contributed by atoms with Crippen LogP contribution in [0.1, 0.15) is 18.1 Å². The van der Waals surface area contributed by atoms with Crippen LogP contribution in [0, 0.1) is 11.6 Å². The Balaban J connectivity index is 1.88. The molecule has 0 aliphatic carbocycles. The van der Waals surface area contributed by atoms with Gasteiger partial charge in [-0.25, -0.2) is 8.78 Å². The molecule has 7 heteroatoms. The molecule has 22 heavy (non-hydrogen) atoms. The Morgan fingerprint density at radius 1 is 1.18 bits per heavy atom. The third kappa shape index (κ3) is 4.41. The standard InChI is InChI=1S/C15H13ClF2N2O2/c16-10-3-1-9(2-4-10)14(21)8-15(22)20-19-13-6-5-11(17)7-12(13)18/h1-7,14,19,21H,8H2,(H,20,22). The largest absolute Gasteiger partial charge is 0.388 e. The molecule has 0 saturated heterocycles. The number of nitrogens with one attached hydrogen (secondary N) is 2. The Labute approximate surface area is 130 Å². The van der Waals surface area contributed by atoms with Crippen molar-refractivity contribution in [2.24, 2.45) is 0 Å². The van der Waals surface area contributed by atoms with Gasteiger partial charge < -0.3 is 5.11 Å². The maximum Gasteiger partial charge on any atom is 0.241 e. The first kappa shape index (κ1) is 16.2. The number of benzene rings is 2. The Morgan fingerprint density at radius 3 is 2.50 bits per heavy atom. The van der Waals surface area contributed by atoms with Gasteiger partial charge in [-0.2, -0.15) is 0 Å². The van der Waals surface area contributed by atoms with Crippen LogP contribution in [0.3, 0.4) is 0 Å². The van der Waals surface area contributed by atoms with Gasteiger partial charge in [0.1, 0.15) is 5.82 Å². The maximum absolute atomic E-state index is 13.4. The van der Waals surface area contributed by atoms with E-state index in [9.17, 15) is 18.7 Å². The van der Waals surface area contributed by atoms with Crippen LogP contribution >= 0.6 is 11.6 Å². The molecule has 116 valence electrons. The molecule has 0 spiro atoms. The van der Waals surface area contributed by atoms with Gasteiger partial charge in [-0.1, -0.05) is 23.7 Å². The molecule has 4 nitrogen and oxygen atoms in total. The van der Waals surface area contributed by atoms with E-state index in [4.69, 9.17) is 11.6 Å².